The number of esters is 1. The summed E-state index contributed by atoms with van der Waals surface area (Å²) >= 11 is 0. The van der Waals surface area contributed by atoms with Crippen LogP contribution in [0.1, 0.15) is 5.56 Å². The lowest BCUT2D eigenvalue weighted by molar-refractivity contribution is -0.150. The van der Waals surface area contributed by atoms with Gasteiger partial charge in [0.1, 0.15) is 5.75 Å². The number of benzene rings is 1. The van der Waals surface area contributed by atoms with Gasteiger partial charge in [-0.1, -0.05) is 12.1 Å². The highest BCUT2D eigenvalue weighted by molar-refractivity contribution is 5.92. The summed E-state index contributed by atoms with van der Waals surface area (Å²) in [6.07, 6.45) is 1.54. The highest BCUT2D eigenvalue weighted by atomic mass is 16.5. The molecule has 1 rings (SSSR count). The molecule has 108 valence electrons. The van der Waals surface area contributed by atoms with Gasteiger partial charge in [0.25, 0.3) is 0 Å². The average Bonchev–Trinajstić information content (AvgIpc) is 2.49. The lowest BCUT2D eigenvalue weighted by Gasteiger charge is -2.08. The fraction of sp³-hybridized carbons (Fsp3) is 0.286. The molecule has 1 atom stereocenters. The van der Waals surface area contributed by atoms with Crippen molar-refractivity contribution in [3.8, 4) is 5.75 Å². The molecule has 1 amide bonds. The largest absolute Gasteiger partial charge is 0.497 e. The van der Waals surface area contributed by atoms with Crippen LogP contribution in [-0.2, 0) is 14.3 Å². The van der Waals surface area contributed by atoms with E-state index in [4.69, 9.17) is 4.74 Å². The summed E-state index contributed by atoms with van der Waals surface area (Å²) in [4.78, 5) is 22.4. The molecule has 20 heavy (non-hydrogen) atoms. The molecule has 6 nitrogen and oxygen atoms in total. The zero-order valence-corrected chi connectivity index (χ0v) is 11.3. The van der Waals surface area contributed by atoms with Crippen LogP contribution in [0.3, 0.4) is 0 Å². The minimum absolute atomic E-state index is 0.200. The predicted octanol–water partition coefficient (Wildman–Crippen LogP) is 0.358. The van der Waals surface area contributed by atoms with E-state index in [9.17, 15) is 14.7 Å². The number of hydrogen-bond donors (Lipinski definition) is 2. The van der Waals surface area contributed by atoms with Crippen LogP contribution >= 0.6 is 0 Å². The Morgan fingerprint density at radius 3 is 2.80 bits per heavy atom. The average molecular weight is 279 g/mol. The van der Waals surface area contributed by atoms with Crippen LogP contribution in [0.2, 0.25) is 0 Å². The molecule has 0 aliphatic rings. The summed E-state index contributed by atoms with van der Waals surface area (Å²) in [5, 5.41) is 11.7. The van der Waals surface area contributed by atoms with Gasteiger partial charge < -0.3 is 19.9 Å². The number of nitrogens with one attached hydrogen (secondary N) is 1. The molecule has 0 heterocycles. The molecule has 1 aromatic rings. The molecule has 0 aromatic heterocycles. The molecule has 0 aliphatic carbocycles. The number of methoxy groups -OCH3 is 2. The van der Waals surface area contributed by atoms with E-state index in [1.165, 1.54) is 6.08 Å². The SMILES string of the molecule is COC(=O)C(O)CNC(=O)/C=C/c1cccc(OC)c1. The summed E-state index contributed by atoms with van der Waals surface area (Å²) in [6, 6.07) is 7.18. The summed E-state index contributed by atoms with van der Waals surface area (Å²) < 4.78 is 9.39. The molecule has 0 fully saturated rings. The van der Waals surface area contributed by atoms with E-state index in [1.54, 1.807) is 31.4 Å². The molecule has 6 heteroatoms. The van der Waals surface area contributed by atoms with Gasteiger partial charge >= 0.3 is 5.97 Å². The normalized spacial score (nSPS) is 11.9. The van der Waals surface area contributed by atoms with Gasteiger partial charge in [0, 0.05) is 6.08 Å². The van der Waals surface area contributed by atoms with Gasteiger partial charge in [0.05, 0.1) is 20.8 Å². The molecule has 0 saturated carbocycles. The Kier molecular flexibility index (Phi) is 6.25. The second-order valence-electron chi connectivity index (χ2n) is 3.89. The Balaban J connectivity index is 2.49. The van der Waals surface area contributed by atoms with Crippen LogP contribution in [0.25, 0.3) is 6.08 Å². The third-order valence-corrected chi connectivity index (χ3v) is 2.46. The molecule has 0 saturated heterocycles. The van der Waals surface area contributed by atoms with Crippen molar-refractivity contribution >= 4 is 18.0 Å². The minimum atomic E-state index is -1.37. The number of carbonyl (C=O) groups is 2. The zero-order chi connectivity index (χ0) is 15.0. The van der Waals surface area contributed by atoms with Gasteiger partial charge in [-0.25, -0.2) is 4.79 Å². The quantitative estimate of drug-likeness (QED) is 0.580. The second kappa shape index (κ2) is 7.96. The molecule has 0 bridgehead atoms. The van der Waals surface area contributed by atoms with Gasteiger partial charge in [-0.3, -0.25) is 4.79 Å². The van der Waals surface area contributed by atoms with Gasteiger partial charge in [-0.2, -0.15) is 0 Å². The first-order valence-electron chi connectivity index (χ1n) is 5.92. The number of carbonyl (C=O) groups excluding carboxylic acids is 2. The molecule has 0 spiro atoms. The number of hydrogen-bond acceptors (Lipinski definition) is 5. The maximum Gasteiger partial charge on any atom is 0.336 e. The van der Waals surface area contributed by atoms with Crippen molar-refractivity contribution in [2.75, 3.05) is 20.8 Å². The first kappa shape index (κ1) is 15.7. The van der Waals surface area contributed by atoms with E-state index in [2.05, 4.69) is 10.1 Å². The molecule has 2 N–H and O–H groups in total. The number of rotatable bonds is 6. The van der Waals surface area contributed by atoms with Crippen LogP contribution in [-0.4, -0.2) is 43.9 Å². The minimum Gasteiger partial charge on any atom is -0.497 e. The Hall–Kier alpha value is -2.34. The second-order valence-corrected chi connectivity index (χ2v) is 3.89. The van der Waals surface area contributed by atoms with Crippen molar-refractivity contribution in [3.05, 3.63) is 35.9 Å². The van der Waals surface area contributed by atoms with Gasteiger partial charge in [0.15, 0.2) is 6.10 Å². The van der Waals surface area contributed by atoms with E-state index < -0.39 is 18.0 Å². The first-order valence-corrected chi connectivity index (χ1v) is 5.92. The number of amides is 1. The molecule has 1 unspecified atom stereocenters. The van der Waals surface area contributed by atoms with Crippen LogP contribution in [0.5, 0.6) is 5.75 Å². The third kappa shape index (κ3) is 5.11. The van der Waals surface area contributed by atoms with E-state index >= 15 is 0 Å². The van der Waals surface area contributed by atoms with E-state index in [-0.39, 0.29) is 6.54 Å². The third-order valence-electron chi connectivity index (χ3n) is 2.46. The smallest absolute Gasteiger partial charge is 0.336 e. The van der Waals surface area contributed by atoms with Crippen molar-refractivity contribution in [3.63, 3.8) is 0 Å². The summed E-state index contributed by atoms with van der Waals surface area (Å²) in [5.41, 5.74) is 0.799. The number of ether oxygens (including phenoxy) is 2. The summed E-state index contributed by atoms with van der Waals surface area (Å²) in [5.74, 6) is -0.522. The monoisotopic (exact) mass is 279 g/mol. The van der Waals surface area contributed by atoms with Crippen molar-refractivity contribution in [1.82, 2.24) is 5.32 Å². The van der Waals surface area contributed by atoms with Crippen molar-refractivity contribution in [2.45, 2.75) is 6.10 Å². The highest BCUT2D eigenvalue weighted by Crippen LogP contribution is 2.13. The zero-order valence-electron chi connectivity index (χ0n) is 11.3. The van der Waals surface area contributed by atoms with Gasteiger partial charge in [-0.15, -0.1) is 0 Å². The van der Waals surface area contributed by atoms with E-state index in [0.717, 1.165) is 12.7 Å². The lowest BCUT2D eigenvalue weighted by Crippen LogP contribution is -2.36. The Morgan fingerprint density at radius 1 is 1.40 bits per heavy atom. The Morgan fingerprint density at radius 2 is 2.15 bits per heavy atom. The standard InChI is InChI=1S/C14H17NO5/c1-19-11-5-3-4-10(8-11)6-7-13(17)15-9-12(16)14(18)20-2/h3-8,12,16H,9H2,1-2H3,(H,15,17)/b7-6+. The van der Waals surface area contributed by atoms with Crippen LogP contribution in [0.4, 0.5) is 0 Å². The highest BCUT2D eigenvalue weighted by Gasteiger charge is 2.15. The number of aliphatic hydroxyl groups excluding tert-OH is 1. The molecular formula is C14H17NO5. The Labute approximate surface area is 117 Å². The topological polar surface area (TPSA) is 84.9 Å². The van der Waals surface area contributed by atoms with Crippen molar-refractivity contribution in [1.29, 1.82) is 0 Å². The van der Waals surface area contributed by atoms with E-state index in [0.29, 0.717) is 5.75 Å². The van der Waals surface area contributed by atoms with Crippen LogP contribution < -0.4 is 10.1 Å². The lowest BCUT2D eigenvalue weighted by atomic mass is 10.2. The molecular weight excluding hydrogens is 262 g/mol. The van der Waals surface area contributed by atoms with Crippen molar-refractivity contribution < 1.29 is 24.2 Å². The molecule has 0 aliphatic heterocycles. The van der Waals surface area contributed by atoms with Gasteiger partial charge in [0.2, 0.25) is 5.91 Å². The molecule has 1 aromatic carbocycles. The summed E-state index contributed by atoms with van der Waals surface area (Å²) in [7, 11) is 2.72. The summed E-state index contributed by atoms with van der Waals surface area (Å²) in [6.45, 7) is -0.200. The predicted molar refractivity (Wildman–Crippen MR) is 73.1 cm³/mol. The number of aliphatic hydroxyl groups is 1. The molecule has 0 radical (unpaired) electrons. The maximum absolute atomic E-state index is 11.5. The van der Waals surface area contributed by atoms with Crippen molar-refractivity contribution in [2.24, 2.45) is 0 Å². The van der Waals surface area contributed by atoms with E-state index in [1.807, 2.05) is 6.07 Å². The fourth-order valence-electron chi connectivity index (χ4n) is 1.39. The Bertz CT molecular complexity index is 498. The fourth-order valence-corrected chi connectivity index (χ4v) is 1.39. The maximum atomic E-state index is 11.5. The van der Waals surface area contributed by atoms with Crippen LogP contribution in [0, 0.1) is 0 Å². The van der Waals surface area contributed by atoms with Crippen LogP contribution in [0.15, 0.2) is 30.3 Å². The first-order chi connectivity index (χ1) is 9.56. The van der Waals surface area contributed by atoms with Gasteiger partial charge in [-0.05, 0) is 23.8 Å².